The lowest BCUT2D eigenvalue weighted by atomic mass is 9.83. The van der Waals surface area contributed by atoms with Crippen LogP contribution in [0.15, 0.2) is 47.7 Å². The minimum Gasteiger partial charge on any atom is -0.113 e. The van der Waals surface area contributed by atoms with E-state index in [0.29, 0.717) is 0 Å². The van der Waals surface area contributed by atoms with E-state index in [1.165, 1.54) is 44.5 Å². The summed E-state index contributed by atoms with van der Waals surface area (Å²) in [5.41, 5.74) is 14.5. The second-order valence-corrected chi connectivity index (χ2v) is 9.52. The maximum atomic E-state index is 3.60. The molecular formula is C25H30. The van der Waals surface area contributed by atoms with Gasteiger partial charge in [0.05, 0.1) is 0 Å². The topological polar surface area (TPSA) is 0 Å². The van der Waals surface area contributed by atoms with Gasteiger partial charge in [0.15, 0.2) is 0 Å². The predicted octanol–water partition coefficient (Wildman–Crippen LogP) is 7.26. The summed E-state index contributed by atoms with van der Waals surface area (Å²) in [7, 11) is 0. The van der Waals surface area contributed by atoms with Gasteiger partial charge in [0.1, 0.15) is 0 Å². The summed E-state index contributed by atoms with van der Waals surface area (Å²) in [5, 5.41) is 0. The number of hydrogen-bond donors (Lipinski definition) is 0. The summed E-state index contributed by atoms with van der Waals surface area (Å²) in [4.78, 5) is 0. The van der Waals surface area contributed by atoms with Crippen molar-refractivity contribution in [1.82, 2.24) is 0 Å². The first kappa shape index (κ1) is 17.8. The second kappa shape index (κ2) is 5.75. The van der Waals surface area contributed by atoms with Gasteiger partial charge >= 0.3 is 0 Å². The number of fused-ring (bicyclic) bond motifs is 3. The van der Waals surface area contributed by atoms with Crippen LogP contribution in [0.1, 0.15) is 77.6 Å². The van der Waals surface area contributed by atoms with Gasteiger partial charge in [-0.3, -0.25) is 0 Å². The van der Waals surface area contributed by atoms with Gasteiger partial charge in [0, 0.05) is 5.57 Å². The van der Waals surface area contributed by atoms with Crippen LogP contribution in [-0.4, -0.2) is 0 Å². The molecule has 0 amide bonds. The van der Waals surface area contributed by atoms with Crippen LogP contribution in [0, 0.1) is 0 Å². The SMILES string of the molecule is CC(C)=C=C1c2ccc(C(C)(C)C)cc2-c2cc(C(C)(C)C)ccc21. The molecule has 1 aliphatic rings. The molecule has 0 atom stereocenters. The molecule has 130 valence electrons. The molecule has 0 unspecified atom stereocenters. The van der Waals surface area contributed by atoms with Crippen LogP contribution in [0.5, 0.6) is 0 Å². The first-order valence-corrected chi connectivity index (χ1v) is 9.23. The van der Waals surface area contributed by atoms with Crippen LogP contribution in [0.2, 0.25) is 0 Å². The van der Waals surface area contributed by atoms with Gasteiger partial charge in [-0.05, 0) is 75.8 Å². The average Bonchev–Trinajstić information content (AvgIpc) is 2.78. The zero-order valence-electron chi connectivity index (χ0n) is 17.0. The first-order valence-electron chi connectivity index (χ1n) is 9.23. The van der Waals surface area contributed by atoms with Crippen molar-refractivity contribution in [1.29, 1.82) is 0 Å². The Morgan fingerprint density at radius 3 is 1.36 bits per heavy atom. The molecule has 25 heavy (non-hydrogen) atoms. The molecule has 3 rings (SSSR count). The standard InChI is InChI=1S/C25H30/c1-16(2)13-21-19-11-9-17(24(3,4)5)14-22(19)23-15-18(25(6,7)8)10-12-20(21)23/h9-12,14-15H,1-8H3. The highest BCUT2D eigenvalue weighted by molar-refractivity contribution is 6.01. The zero-order valence-corrected chi connectivity index (χ0v) is 17.0. The first-order chi connectivity index (χ1) is 11.5. The number of allylic oxidation sites excluding steroid dienone is 1. The van der Waals surface area contributed by atoms with Gasteiger partial charge in [-0.15, -0.1) is 5.73 Å². The van der Waals surface area contributed by atoms with Crippen molar-refractivity contribution in [3.05, 3.63) is 70.0 Å². The van der Waals surface area contributed by atoms with E-state index in [9.17, 15) is 0 Å². The second-order valence-electron chi connectivity index (χ2n) is 9.52. The number of rotatable bonds is 0. The largest absolute Gasteiger partial charge is 0.113 e. The Balaban J connectivity index is 2.35. The van der Waals surface area contributed by atoms with Crippen LogP contribution >= 0.6 is 0 Å². The normalized spacial score (nSPS) is 13.4. The quantitative estimate of drug-likeness (QED) is 0.380. The Bertz CT molecular complexity index is 833. The van der Waals surface area contributed by atoms with E-state index in [-0.39, 0.29) is 10.8 Å². The van der Waals surface area contributed by atoms with Crippen LogP contribution in [0.3, 0.4) is 0 Å². The van der Waals surface area contributed by atoms with Crippen molar-refractivity contribution >= 4 is 5.57 Å². The lowest BCUT2D eigenvalue weighted by molar-refractivity contribution is 0.589. The molecule has 0 N–H and O–H groups in total. The molecule has 0 bridgehead atoms. The lowest BCUT2D eigenvalue weighted by Gasteiger charge is -2.21. The van der Waals surface area contributed by atoms with E-state index in [1.54, 1.807) is 0 Å². The van der Waals surface area contributed by atoms with E-state index in [4.69, 9.17) is 0 Å². The van der Waals surface area contributed by atoms with Crippen LogP contribution in [0.4, 0.5) is 0 Å². The van der Waals surface area contributed by atoms with E-state index in [0.717, 1.165) is 0 Å². The van der Waals surface area contributed by atoms with Crippen molar-refractivity contribution in [2.45, 2.75) is 66.2 Å². The molecule has 0 saturated carbocycles. The zero-order chi connectivity index (χ0) is 18.6. The van der Waals surface area contributed by atoms with E-state index in [2.05, 4.69) is 97.5 Å². The Hall–Kier alpha value is -2.04. The van der Waals surface area contributed by atoms with Crippen molar-refractivity contribution in [3.8, 4) is 11.1 Å². The molecule has 2 aromatic carbocycles. The Morgan fingerprint density at radius 2 is 1.04 bits per heavy atom. The van der Waals surface area contributed by atoms with E-state index in [1.807, 2.05) is 0 Å². The van der Waals surface area contributed by atoms with Gasteiger partial charge in [-0.2, -0.15) is 0 Å². The summed E-state index contributed by atoms with van der Waals surface area (Å²) in [6.07, 6.45) is 0. The number of benzene rings is 2. The smallest absolute Gasteiger partial charge is 0.0321 e. The molecule has 0 heterocycles. The van der Waals surface area contributed by atoms with Gasteiger partial charge in [0.25, 0.3) is 0 Å². The molecule has 0 spiro atoms. The fourth-order valence-electron chi connectivity index (χ4n) is 3.43. The predicted molar refractivity (Wildman–Crippen MR) is 110 cm³/mol. The third-order valence-corrected chi connectivity index (χ3v) is 4.98. The maximum Gasteiger partial charge on any atom is 0.0321 e. The average molecular weight is 331 g/mol. The van der Waals surface area contributed by atoms with Crippen molar-refractivity contribution in [2.75, 3.05) is 0 Å². The van der Waals surface area contributed by atoms with Gasteiger partial charge in [-0.25, -0.2) is 0 Å². The summed E-state index contributed by atoms with van der Waals surface area (Å²) < 4.78 is 0. The molecule has 0 heteroatoms. The summed E-state index contributed by atoms with van der Waals surface area (Å²) >= 11 is 0. The molecule has 2 aromatic rings. The van der Waals surface area contributed by atoms with E-state index < -0.39 is 0 Å². The number of hydrogen-bond acceptors (Lipinski definition) is 0. The fourth-order valence-corrected chi connectivity index (χ4v) is 3.43. The minimum atomic E-state index is 0.153. The van der Waals surface area contributed by atoms with Gasteiger partial charge in [0.2, 0.25) is 0 Å². The molecule has 0 nitrogen and oxygen atoms in total. The van der Waals surface area contributed by atoms with Crippen LogP contribution in [0.25, 0.3) is 16.7 Å². The molecule has 0 fully saturated rings. The van der Waals surface area contributed by atoms with Crippen molar-refractivity contribution in [3.63, 3.8) is 0 Å². The van der Waals surface area contributed by atoms with Gasteiger partial charge < -0.3 is 0 Å². The monoisotopic (exact) mass is 330 g/mol. The molecule has 0 saturated heterocycles. The Morgan fingerprint density at radius 1 is 0.640 bits per heavy atom. The van der Waals surface area contributed by atoms with Crippen molar-refractivity contribution in [2.24, 2.45) is 0 Å². The minimum absolute atomic E-state index is 0.153. The molecule has 1 aliphatic carbocycles. The summed E-state index contributed by atoms with van der Waals surface area (Å²) in [5.74, 6) is 0. The van der Waals surface area contributed by atoms with Crippen LogP contribution < -0.4 is 0 Å². The third-order valence-electron chi connectivity index (χ3n) is 4.98. The van der Waals surface area contributed by atoms with Crippen molar-refractivity contribution < 1.29 is 0 Å². The molecule has 0 aliphatic heterocycles. The van der Waals surface area contributed by atoms with Crippen LogP contribution in [-0.2, 0) is 10.8 Å². The highest BCUT2D eigenvalue weighted by Crippen LogP contribution is 2.46. The molecule has 0 radical (unpaired) electrons. The third kappa shape index (κ3) is 3.24. The highest BCUT2D eigenvalue weighted by atomic mass is 14.3. The Labute approximate surface area is 153 Å². The fraction of sp³-hybridized carbons (Fsp3) is 0.400. The highest BCUT2D eigenvalue weighted by Gasteiger charge is 2.27. The molecular weight excluding hydrogens is 300 g/mol. The summed E-state index contributed by atoms with van der Waals surface area (Å²) in [6, 6.07) is 13.9. The molecule has 0 aromatic heterocycles. The van der Waals surface area contributed by atoms with E-state index >= 15 is 0 Å². The van der Waals surface area contributed by atoms with Gasteiger partial charge in [-0.1, -0.05) is 65.8 Å². The summed E-state index contributed by atoms with van der Waals surface area (Å²) in [6.45, 7) is 17.9. The lowest BCUT2D eigenvalue weighted by Crippen LogP contribution is -2.11. The maximum absolute atomic E-state index is 3.60. The Kier molecular flexibility index (Phi) is 4.09.